The molecule has 24 heavy (non-hydrogen) atoms. The summed E-state index contributed by atoms with van der Waals surface area (Å²) in [5, 5.41) is 7.59. The molecule has 130 valence electrons. The number of hydrogen-bond acceptors (Lipinski definition) is 4. The number of ether oxygens (including phenoxy) is 1. The standard InChI is InChI=1S/C18H26N4OS/c1-5-19-18(22-12-17-20-11-15(4)24-17)21-10-14(3)23-16-8-6-7-13(2)9-16/h6-9,11,14H,5,10,12H2,1-4H3,(H2,19,21,22). The van der Waals surface area contributed by atoms with Gasteiger partial charge in [-0.3, -0.25) is 0 Å². The molecule has 0 saturated heterocycles. The zero-order chi connectivity index (χ0) is 17.4. The van der Waals surface area contributed by atoms with E-state index in [9.17, 15) is 0 Å². The Bertz CT molecular complexity index is 669. The van der Waals surface area contributed by atoms with Crippen molar-refractivity contribution >= 4 is 17.3 Å². The van der Waals surface area contributed by atoms with Crippen molar-refractivity contribution in [2.75, 3.05) is 13.1 Å². The van der Waals surface area contributed by atoms with E-state index in [0.717, 1.165) is 23.3 Å². The van der Waals surface area contributed by atoms with E-state index >= 15 is 0 Å². The van der Waals surface area contributed by atoms with Crippen molar-refractivity contribution in [3.8, 4) is 5.75 Å². The maximum atomic E-state index is 5.93. The highest BCUT2D eigenvalue weighted by atomic mass is 32.1. The third-order valence-electron chi connectivity index (χ3n) is 3.27. The van der Waals surface area contributed by atoms with Gasteiger partial charge >= 0.3 is 0 Å². The number of hydrogen-bond donors (Lipinski definition) is 2. The predicted octanol–water partition coefficient (Wildman–Crippen LogP) is 3.28. The molecule has 1 atom stereocenters. The molecule has 1 aromatic carbocycles. The van der Waals surface area contributed by atoms with E-state index in [0.29, 0.717) is 13.1 Å². The first-order chi connectivity index (χ1) is 11.6. The quantitative estimate of drug-likeness (QED) is 0.597. The molecule has 0 spiro atoms. The highest BCUT2D eigenvalue weighted by Gasteiger charge is 2.06. The van der Waals surface area contributed by atoms with Gasteiger partial charge in [0.1, 0.15) is 16.9 Å². The number of thiazole rings is 1. The van der Waals surface area contributed by atoms with Gasteiger partial charge in [-0.05, 0) is 45.4 Å². The lowest BCUT2D eigenvalue weighted by Gasteiger charge is -2.17. The minimum Gasteiger partial charge on any atom is -0.489 e. The molecular formula is C18H26N4OS. The van der Waals surface area contributed by atoms with Crippen LogP contribution in [0.3, 0.4) is 0 Å². The largest absolute Gasteiger partial charge is 0.489 e. The lowest BCUT2D eigenvalue weighted by molar-refractivity contribution is 0.223. The second kappa shape index (κ2) is 9.27. The van der Waals surface area contributed by atoms with Crippen LogP contribution in [0.5, 0.6) is 5.75 Å². The van der Waals surface area contributed by atoms with Crippen LogP contribution >= 0.6 is 11.3 Å². The first-order valence-corrected chi connectivity index (χ1v) is 9.05. The summed E-state index contributed by atoms with van der Waals surface area (Å²) in [5.74, 6) is 1.68. The predicted molar refractivity (Wildman–Crippen MR) is 101 cm³/mol. The third-order valence-corrected chi connectivity index (χ3v) is 4.17. The van der Waals surface area contributed by atoms with Gasteiger partial charge in [-0.15, -0.1) is 11.3 Å². The number of benzene rings is 1. The normalized spacial score (nSPS) is 12.8. The Morgan fingerprint density at radius 3 is 2.83 bits per heavy atom. The van der Waals surface area contributed by atoms with Crippen LogP contribution in [0.2, 0.25) is 0 Å². The summed E-state index contributed by atoms with van der Waals surface area (Å²) in [7, 11) is 0. The lowest BCUT2D eigenvalue weighted by atomic mass is 10.2. The van der Waals surface area contributed by atoms with Crippen LogP contribution in [0.15, 0.2) is 35.5 Å². The van der Waals surface area contributed by atoms with Crippen molar-refractivity contribution in [1.29, 1.82) is 0 Å². The number of aliphatic imine (C=N–C) groups is 1. The summed E-state index contributed by atoms with van der Waals surface area (Å²) in [6.45, 7) is 10.3. The molecule has 0 radical (unpaired) electrons. The minimum absolute atomic E-state index is 0.0396. The topological polar surface area (TPSA) is 58.5 Å². The first kappa shape index (κ1) is 18.3. The Kier molecular flexibility index (Phi) is 7.06. The van der Waals surface area contributed by atoms with E-state index in [1.54, 1.807) is 11.3 Å². The van der Waals surface area contributed by atoms with E-state index in [1.165, 1.54) is 10.4 Å². The van der Waals surface area contributed by atoms with Crippen molar-refractivity contribution in [1.82, 2.24) is 15.6 Å². The maximum Gasteiger partial charge on any atom is 0.191 e. The lowest BCUT2D eigenvalue weighted by Crippen LogP contribution is -2.41. The summed E-state index contributed by atoms with van der Waals surface area (Å²) < 4.78 is 5.93. The molecule has 6 heteroatoms. The molecule has 5 nitrogen and oxygen atoms in total. The van der Waals surface area contributed by atoms with Crippen molar-refractivity contribution in [2.24, 2.45) is 4.99 Å². The van der Waals surface area contributed by atoms with Gasteiger partial charge in [-0.2, -0.15) is 0 Å². The molecule has 2 N–H and O–H groups in total. The smallest absolute Gasteiger partial charge is 0.191 e. The molecule has 0 fully saturated rings. The molecule has 1 unspecified atom stereocenters. The zero-order valence-electron chi connectivity index (χ0n) is 14.8. The monoisotopic (exact) mass is 346 g/mol. The SMILES string of the molecule is CCNC(=NCc1ncc(C)s1)NCC(C)Oc1cccc(C)c1. The summed E-state index contributed by atoms with van der Waals surface area (Å²) in [6.07, 6.45) is 1.92. The number of rotatable bonds is 7. The molecule has 1 aromatic heterocycles. The van der Waals surface area contributed by atoms with E-state index in [-0.39, 0.29) is 6.10 Å². The van der Waals surface area contributed by atoms with Crippen LogP contribution in [-0.2, 0) is 6.54 Å². The molecule has 0 bridgehead atoms. The third kappa shape index (κ3) is 6.20. The average molecular weight is 347 g/mol. The van der Waals surface area contributed by atoms with Gasteiger partial charge in [-0.25, -0.2) is 9.98 Å². The minimum atomic E-state index is 0.0396. The van der Waals surface area contributed by atoms with Crippen LogP contribution in [0, 0.1) is 13.8 Å². The maximum absolute atomic E-state index is 5.93. The second-order valence-corrected chi connectivity index (χ2v) is 7.01. The Morgan fingerprint density at radius 1 is 1.33 bits per heavy atom. The van der Waals surface area contributed by atoms with Crippen LogP contribution < -0.4 is 15.4 Å². The highest BCUT2D eigenvalue weighted by molar-refractivity contribution is 7.11. The van der Waals surface area contributed by atoms with E-state index < -0.39 is 0 Å². The summed E-state index contributed by atoms with van der Waals surface area (Å²) in [6, 6.07) is 8.09. The van der Waals surface area contributed by atoms with Gasteiger partial charge in [0, 0.05) is 17.6 Å². The Morgan fingerprint density at radius 2 is 2.17 bits per heavy atom. The molecular weight excluding hydrogens is 320 g/mol. The summed E-state index contributed by atoms with van der Waals surface area (Å²) >= 11 is 1.68. The van der Waals surface area contributed by atoms with Crippen LogP contribution in [0.1, 0.15) is 29.3 Å². The molecule has 0 aliphatic carbocycles. The van der Waals surface area contributed by atoms with Gasteiger partial charge in [0.05, 0.1) is 13.1 Å². The summed E-state index contributed by atoms with van der Waals surface area (Å²) in [4.78, 5) is 10.1. The average Bonchev–Trinajstić information content (AvgIpc) is 2.95. The first-order valence-electron chi connectivity index (χ1n) is 8.23. The molecule has 0 amide bonds. The van der Waals surface area contributed by atoms with Crippen LogP contribution in [0.25, 0.3) is 0 Å². The number of aryl methyl sites for hydroxylation is 2. The Hall–Kier alpha value is -2.08. The molecule has 0 aliphatic heterocycles. The number of aromatic nitrogens is 1. The molecule has 0 saturated carbocycles. The van der Waals surface area contributed by atoms with Gasteiger partial charge in [0.2, 0.25) is 0 Å². The Balaban J connectivity index is 1.85. The highest BCUT2D eigenvalue weighted by Crippen LogP contribution is 2.14. The van der Waals surface area contributed by atoms with Gasteiger partial charge in [-0.1, -0.05) is 12.1 Å². The van der Waals surface area contributed by atoms with Crippen LogP contribution in [-0.4, -0.2) is 30.1 Å². The summed E-state index contributed by atoms with van der Waals surface area (Å²) in [5.41, 5.74) is 1.20. The van der Waals surface area contributed by atoms with E-state index in [4.69, 9.17) is 4.74 Å². The van der Waals surface area contributed by atoms with Gasteiger partial charge in [0.15, 0.2) is 5.96 Å². The molecule has 2 rings (SSSR count). The second-order valence-electron chi connectivity index (χ2n) is 5.69. The Labute approximate surface area is 148 Å². The van der Waals surface area contributed by atoms with Gasteiger partial charge in [0.25, 0.3) is 0 Å². The van der Waals surface area contributed by atoms with Crippen LogP contribution in [0.4, 0.5) is 0 Å². The van der Waals surface area contributed by atoms with Crippen molar-refractivity contribution < 1.29 is 4.74 Å². The molecule has 1 heterocycles. The van der Waals surface area contributed by atoms with Crippen molar-refractivity contribution in [3.05, 3.63) is 45.9 Å². The van der Waals surface area contributed by atoms with E-state index in [2.05, 4.69) is 47.4 Å². The fraction of sp³-hybridized carbons (Fsp3) is 0.444. The van der Waals surface area contributed by atoms with E-state index in [1.807, 2.05) is 31.3 Å². The fourth-order valence-electron chi connectivity index (χ4n) is 2.17. The number of nitrogens with one attached hydrogen (secondary N) is 2. The van der Waals surface area contributed by atoms with Gasteiger partial charge < -0.3 is 15.4 Å². The molecule has 2 aromatic rings. The molecule has 0 aliphatic rings. The fourth-order valence-corrected chi connectivity index (χ4v) is 2.88. The number of guanidine groups is 1. The van der Waals surface area contributed by atoms with Crippen molar-refractivity contribution in [3.63, 3.8) is 0 Å². The zero-order valence-corrected chi connectivity index (χ0v) is 15.6. The number of nitrogens with zero attached hydrogens (tertiary/aromatic N) is 2. The van der Waals surface area contributed by atoms with Crippen molar-refractivity contribution in [2.45, 2.75) is 40.3 Å².